The van der Waals surface area contributed by atoms with Crippen molar-refractivity contribution in [3.63, 3.8) is 0 Å². The van der Waals surface area contributed by atoms with Gasteiger partial charge < -0.3 is 23.8 Å². The van der Waals surface area contributed by atoms with Gasteiger partial charge in [0.05, 0.1) is 18.3 Å². The zero-order chi connectivity index (χ0) is 22.9. The molecule has 31 heavy (non-hydrogen) atoms. The van der Waals surface area contributed by atoms with Crippen LogP contribution in [0.5, 0.6) is 0 Å². The minimum atomic E-state index is -0.616. The minimum absolute atomic E-state index is 0.0600. The molecule has 0 atom stereocenters. The third-order valence-electron chi connectivity index (χ3n) is 4.97. The van der Waals surface area contributed by atoms with Crippen LogP contribution in [0.15, 0.2) is 16.9 Å². The molecule has 3 heterocycles. The van der Waals surface area contributed by atoms with Gasteiger partial charge in [0.1, 0.15) is 28.4 Å². The number of piperazine rings is 1. The van der Waals surface area contributed by atoms with E-state index in [2.05, 4.69) is 4.98 Å². The molecular weight excluding hydrogens is 402 g/mol. The first kappa shape index (κ1) is 22.1. The van der Waals surface area contributed by atoms with Gasteiger partial charge in [-0.05, 0) is 32.9 Å². The Morgan fingerprint density at radius 2 is 1.81 bits per heavy atom. The maximum Gasteiger partial charge on any atom is 0.410 e. The van der Waals surface area contributed by atoms with Crippen LogP contribution in [0.4, 0.5) is 10.5 Å². The highest BCUT2D eigenvalue weighted by Crippen LogP contribution is 2.28. The number of anilines is 1. The van der Waals surface area contributed by atoms with Crippen molar-refractivity contribution in [1.29, 1.82) is 5.26 Å². The Morgan fingerprint density at radius 3 is 2.35 bits per heavy atom. The molecular formula is C21H25N5O5. The molecule has 1 saturated heterocycles. The van der Waals surface area contributed by atoms with Crippen LogP contribution in [0.1, 0.15) is 36.8 Å². The Balaban J connectivity index is 2.03. The first-order valence-electron chi connectivity index (χ1n) is 9.82. The predicted octanol–water partition coefficient (Wildman–Crippen LogP) is 1.65. The van der Waals surface area contributed by atoms with Crippen molar-refractivity contribution in [3.05, 3.63) is 33.7 Å². The molecule has 1 aliphatic heterocycles. The maximum absolute atomic E-state index is 12.8. The molecule has 0 bridgehead atoms. The van der Waals surface area contributed by atoms with Gasteiger partial charge in [0.2, 0.25) is 0 Å². The molecule has 10 heteroatoms. The lowest BCUT2D eigenvalue weighted by molar-refractivity contribution is 0.0240. The fourth-order valence-electron chi connectivity index (χ4n) is 3.46. The van der Waals surface area contributed by atoms with Crippen molar-refractivity contribution in [3.8, 4) is 6.07 Å². The number of carbonyl (C=O) groups is 2. The van der Waals surface area contributed by atoms with E-state index in [0.717, 1.165) is 0 Å². The minimum Gasteiger partial charge on any atom is -0.464 e. The van der Waals surface area contributed by atoms with Crippen molar-refractivity contribution < 1.29 is 19.1 Å². The van der Waals surface area contributed by atoms with Gasteiger partial charge in [0.25, 0.3) is 5.56 Å². The third-order valence-corrected chi connectivity index (χ3v) is 4.97. The molecule has 2 aromatic rings. The van der Waals surface area contributed by atoms with E-state index in [1.165, 1.54) is 17.7 Å². The number of nitrogens with zero attached hydrogens (tertiary/aromatic N) is 5. The second-order valence-corrected chi connectivity index (χ2v) is 8.21. The highest BCUT2D eigenvalue weighted by atomic mass is 16.6. The molecule has 3 rings (SSSR count). The van der Waals surface area contributed by atoms with Crippen molar-refractivity contribution >= 4 is 28.8 Å². The summed E-state index contributed by atoms with van der Waals surface area (Å²) in [5.41, 5.74) is 0.162. The van der Waals surface area contributed by atoms with Crippen LogP contribution >= 0.6 is 0 Å². The number of carbonyl (C=O) groups excluding carboxylic acids is 2. The summed E-state index contributed by atoms with van der Waals surface area (Å²) in [6, 6.07) is 5.07. The highest BCUT2D eigenvalue weighted by molar-refractivity contribution is 5.96. The topological polar surface area (TPSA) is 118 Å². The van der Waals surface area contributed by atoms with E-state index in [0.29, 0.717) is 42.9 Å². The number of ether oxygens (including phenoxy) is 2. The zero-order valence-electron chi connectivity index (χ0n) is 18.3. The van der Waals surface area contributed by atoms with Gasteiger partial charge in [-0.3, -0.25) is 4.79 Å². The van der Waals surface area contributed by atoms with E-state index in [4.69, 9.17) is 9.47 Å². The van der Waals surface area contributed by atoms with Gasteiger partial charge >= 0.3 is 12.1 Å². The van der Waals surface area contributed by atoms with Crippen LogP contribution in [0, 0.1) is 11.3 Å². The molecule has 2 aromatic heterocycles. The number of fused-ring (bicyclic) bond motifs is 1. The number of aromatic nitrogens is 2. The number of esters is 1. The number of hydrogen-bond acceptors (Lipinski definition) is 8. The first-order chi connectivity index (χ1) is 14.6. The van der Waals surface area contributed by atoms with Crippen molar-refractivity contribution in [2.24, 2.45) is 7.05 Å². The monoisotopic (exact) mass is 427 g/mol. The van der Waals surface area contributed by atoms with E-state index in [-0.39, 0.29) is 11.3 Å². The lowest BCUT2D eigenvalue weighted by Gasteiger charge is -2.37. The zero-order valence-corrected chi connectivity index (χ0v) is 18.3. The van der Waals surface area contributed by atoms with Gasteiger partial charge in [0.15, 0.2) is 0 Å². The summed E-state index contributed by atoms with van der Waals surface area (Å²) in [6.45, 7) is 6.87. The number of rotatable bonds is 2. The standard InChI is InChI=1S/C21H25N5O5/c1-21(2,3)31-20(29)26-10-8-25(9-11-26)17-13(12-22)18(27)24(4)15-7-6-14(19(28)30-5)23-16(15)17/h6-7H,8-11H2,1-5H3. The average molecular weight is 427 g/mol. The van der Waals surface area contributed by atoms with Crippen molar-refractivity contribution in [2.45, 2.75) is 26.4 Å². The fourth-order valence-corrected chi connectivity index (χ4v) is 3.46. The van der Waals surface area contributed by atoms with Gasteiger partial charge in [0, 0.05) is 33.2 Å². The molecule has 1 fully saturated rings. The smallest absolute Gasteiger partial charge is 0.410 e. The molecule has 0 unspecified atom stereocenters. The van der Waals surface area contributed by atoms with Crippen LogP contribution in [0.25, 0.3) is 11.0 Å². The summed E-state index contributed by atoms with van der Waals surface area (Å²) in [6.07, 6.45) is -0.410. The average Bonchev–Trinajstić information content (AvgIpc) is 2.74. The SMILES string of the molecule is COC(=O)c1ccc2c(n1)c(N1CCN(C(=O)OC(C)(C)C)CC1)c(C#N)c(=O)n2C. The Labute approximate surface area is 179 Å². The van der Waals surface area contributed by atoms with Crippen LogP contribution in [0.2, 0.25) is 0 Å². The number of nitriles is 1. The Kier molecular flexibility index (Phi) is 5.88. The third kappa shape index (κ3) is 4.30. The summed E-state index contributed by atoms with van der Waals surface area (Å²) < 4.78 is 11.5. The number of hydrogen-bond donors (Lipinski definition) is 0. The Morgan fingerprint density at radius 1 is 1.16 bits per heavy atom. The lowest BCUT2D eigenvalue weighted by Crippen LogP contribution is -2.50. The number of aryl methyl sites for hydroxylation is 1. The quantitative estimate of drug-likeness (QED) is 0.664. The van der Waals surface area contributed by atoms with Crippen molar-refractivity contribution in [1.82, 2.24) is 14.5 Å². The second kappa shape index (κ2) is 8.26. The molecule has 10 nitrogen and oxygen atoms in total. The first-order valence-corrected chi connectivity index (χ1v) is 9.82. The number of methoxy groups -OCH3 is 1. The summed E-state index contributed by atoms with van der Waals surface area (Å²) in [5, 5.41) is 9.71. The predicted molar refractivity (Wildman–Crippen MR) is 113 cm³/mol. The van der Waals surface area contributed by atoms with Crippen LogP contribution < -0.4 is 10.5 Å². The molecule has 164 valence electrons. The maximum atomic E-state index is 12.8. The molecule has 0 aliphatic carbocycles. The van der Waals surface area contributed by atoms with Crippen LogP contribution in [-0.2, 0) is 16.5 Å². The lowest BCUT2D eigenvalue weighted by atomic mass is 10.1. The van der Waals surface area contributed by atoms with Gasteiger partial charge in [-0.2, -0.15) is 5.26 Å². The van der Waals surface area contributed by atoms with Gasteiger partial charge in [-0.25, -0.2) is 14.6 Å². The van der Waals surface area contributed by atoms with E-state index in [9.17, 15) is 19.6 Å². The summed E-state index contributed by atoms with van der Waals surface area (Å²) in [7, 11) is 2.81. The molecule has 1 amide bonds. The van der Waals surface area contributed by atoms with Crippen LogP contribution in [-0.4, -0.2) is 65.4 Å². The molecule has 0 aromatic carbocycles. The molecule has 0 radical (unpaired) electrons. The number of pyridine rings is 2. The molecule has 1 aliphatic rings. The Bertz CT molecular complexity index is 1130. The van der Waals surface area contributed by atoms with E-state index < -0.39 is 23.2 Å². The summed E-state index contributed by atoms with van der Waals surface area (Å²) >= 11 is 0. The fraction of sp³-hybridized carbons (Fsp3) is 0.476. The van der Waals surface area contributed by atoms with Gasteiger partial charge in [-0.15, -0.1) is 0 Å². The second-order valence-electron chi connectivity index (χ2n) is 8.21. The summed E-state index contributed by atoms with van der Waals surface area (Å²) in [4.78, 5) is 45.0. The van der Waals surface area contributed by atoms with Crippen LogP contribution in [0.3, 0.4) is 0 Å². The largest absolute Gasteiger partial charge is 0.464 e. The highest BCUT2D eigenvalue weighted by Gasteiger charge is 2.29. The van der Waals surface area contributed by atoms with Crippen molar-refractivity contribution in [2.75, 3.05) is 38.2 Å². The van der Waals surface area contributed by atoms with E-state index in [1.807, 2.05) is 11.0 Å². The van der Waals surface area contributed by atoms with Gasteiger partial charge in [-0.1, -0.05) is 0 Å². The van der Waals surface area contributed by atoms with E-state index >= 15 is 0 Å². The molecule has 0 saturated carbocycles. The normalized spacial score (nSPS) is 14.3. The summed E-state index contributed by atoms with van der Waals surface area (Å²) in [5.74, 6) is -0.616. The number of amides is 1. The van der Waals surface area contributed by atoms with E-state index in [1.54, 1.807) is 38.8 Å². The Hall–Kier alpha value is -3.61. The molecule has 0 N–H and O–H groups in total. The molecule has 0 spiro atoms.